The smallest absolute Gasteiger partial charge is 0.138 e. The van der Waals surface area contributed by atoms with Crippen LogP contribution in [0.2, 0.25) is 0 Å². The zero-order valence-corrected chi connectivity index (χ0v) is 23.6. The second-order valence-electron chi connectivity index (χ2n) is 15.4. The van der Waals surface area contributed by atoms with Gasteiger partial charge in [0.15, 0.2) is 0 Å². The molecule has 5 saturated carbocycles. The Labute approximate surface area is 215 Å². The topological polar surface area (TPSA) is 20.1 Å². The molecule has 0 amide bonds. The normalized spacial score (nSPS) is 52.6. The van der Waals surface area contributed by atoms with Gasteiger partial charge in [0, 0.05) is 30.5 Å². The van der Waals surface area contributed by atoms with Gasteiger partial charge >= 0.3 is 0 Å². The molecule has 6 rings (SSSR count). The van der Waals surface area contributed by atoms with E-state index in [1.165, 1.54) is 75.6 Å². The summed E-state index contributed by atoms with van der Waals surface area (Å²) in [6, 6.07) is 0. The molecule has 6 aliphatic rings. The van der Waals surface area contributed by atoms with Gasteiger partial charge in [0.1, 0.15) is 5.78 Å². The summed E-state index contributed by atoms with van der Waals surface area (Å²) in [5, 5.41) is 0. The molecule has 0 aromatic rings. The Hall–Kier alpha value is -0.890. The van der Waals surface area contributed by atoms with Gasteiger partial charge in [-0.3, -0.25) is 9.69 Å². The van der Waals surface area contributed by atoms with E-state index < -0.39 is 0 Å². The van der Waals surface area contributed by atoms with Crippen molar-refractivity contribution in [1.29, 1.82) is 0 Å². The van der Waals surface area contributed by atoms with Crippen molar-refractivity contribution in [2.75, 3.05) is 13.1 Å². The highest BCUT2D eigenvalue weighted by Crippen LogP contribution is 2.77. The van der Waals surface area contributed by atoms with E-state index in [-0.39, 0.29) is 5.41 Å². The van der Waals surface area contributed by atoms with Crippen LogP contribution < -0.4 is 0 Å². The largest absolute Gasteiger partial charge is 0.299 e. The zero-order chi connectivity index (χ0) is 25.2. The van der Waals surface area contributed by atoms with Crippen molar-refractivity contribution in [3.8, 4) is 0 Å². The van der Waals surface area contributed by atoms with Crippen molar-refractivity contribution in [3.63, 3.8) is 0 Å². The van der Waals surface area contributed by atoms with Crippen LogP contribution >= 0.6 is 0 Å². The van der Waals surface area contributed by atoms with E-state index in [4.69, 9.17) is 0 Å². The molecule has 0 aromatic heterocycles. The van der Waals surface area contributed by atoms with Crippen molar-refractivity contribution < 1.29 is 4.79 Å². The first-order valence-electron chi connectivity index (χ1n) is 15.0. The summed E-state index contributed by atoms with van der Waals surface area (Å²) in [6.07, 6.45) is 12.7. The third kappa shape index (κ3) is 2.90. The average Bonchev–Trinajstić information content (AvgIpc) is 3.58. The van der Waals surface area contributed by atoms with E-state index >= 15 is 0 Å². The van der Waals surface area contributed by atoms with E-state index in [0.29, 0.717) is 39.4 Å². The Kier molecular flexibility index (Phi) is 5.14. The molecule has 0 spiro atoms. The summed E-state index contributed by atoms with van der Waals surface area (Å²) in [5.41, 5.74) is 3.92. The third-order valence-electron chi connectivity index (χ3n) is 14.2. The van der Waals surface area contributed by atoms with Gasteiger partial charge in [-0.1, -0.05) is 53.3 Å². The van der Waals surface area contributed by atoms with E-state index in [1.807, 2.05) is 0 Å². The van der Waals surface area contributed by atoms with Crippen molar-refractivity contribution in [3.05, 3.63) is 24.3 Å². The maximum atomic E-state index is 13.0. The van der Waals surface area contributed by atoms with Crippen molar-refractivity contribution in [1.82, 2.24) is 4.90 Å². The maximum absolute atomic E-state index is 13.0. The fraction of sp³-hybridized carbons (Fsp3) is 0.848. The fourth-order valence-corrected chi connectivity index (χ4v) is 12.1. The number of Topliss-reactive ketones (excluding diaryl/α,β-unsaturated/α-hetero) is 1. The Bertz CT molecular complexity index is 974. The minimum Gasteiger partial charge on any atom is -0.299 e. The summed E-state index contributed by atoms with van der Waals surface area (Å²) in [7, 11) is 0. The van der Waals surface area contributed by atoms with Crippen LogP contribution in [-0.2, 0) is 4.79 Å². The van der Waals surface area contributed by atoms with Gasteiger partial charge < -0.3 is 0 Å². The second-order valence-corrected chi connectivity index (χ2v) is 15.4. The van der Waals surface area contributed by atoms with Crippen LogP contribution in [0, 0.1) is 51.2 Å². The van der Waals surface area contributed by atoms with Crippen LogP contribution in [0.5, 0.6) is 0 Å². The molecule has 9 atom stereocenters. The number of rotatable bonds is 3. The summed E-state index contributed by atoms with van der Waals surface area (Å²) >= 11 is 0. The van der Waals surface area contributed by atoms with Gasteiger partial charge in [-0.25, -0.2) is 0 Å². The molecular weight excluding hydrogens is 426 g/mol. The fourth-order valence-electron chi connectivity index (χ4n) is 12.1. The molecular formula is C33H51NO. The lowest BCUT2D eigenvalue weighted by molar-refractivity contribution is -0.231. The number of hydrogen-bond donors (Lipinski definition) is 0. The van der Waals surface area contributed by atoms with Crippen LogP contribution in [0.1, 0.15) is 106 Å². The molecule has 35 heavy (non-hydrogen) atoms. The highest BCUT2D eigenvalue weighted by atomic mass is 16.1. The van der Waals surface area contributed by atoms with Gasteiger partial charge in [-0.15, -0.1) is 0 Å². The predicted octanol–water partition coefficient (Wildman–Crippen LogP) is 7.84. The van der Waals surface area contributed by atoms with E-state index in [2.05, 4.69) is 59.6 Å². The summed E-state index contributed by atoms with van der Waals surface area (Å²) in [5.74, 6) is 3.99. The first-order valence-corrected chi connectivity index (χ1v) is 15.0. The number of nitrogens with zero attached hydrogens (tertiary/aromatic N) is 1. The van der Waals surface area contributed by atoms with E-state index in [0.717, 1.165) is 30.6 Å². The van der Waals surface area contributed by atoms with Crippen LogP contribution in [0.15, 0.2) is 24.3 Å². The molecule has 3 unspecified atom stereocenters. The monoisotopic (exact) mass is 477 g/mol. The Balaban J connectivity index is 1.40. The molecule has 1 saturated heterocycles. The molecule has 1 heterocycles. The molecule has 0 N–H and O–H groups in total. The number of fused-ring (bicyclic) bond motifs is 7. The lowest BCUT2D eigenvalue weighted by atomic mass is 9.32. The number of hydrogen-bond acceptors (Lipinski definition) is 2. The van der Waals surface area contributed by atoms with Crippen molar-refractivity contribution >= 4 is 5.78 Å². The molecule has 5 aliphatic carbocycles. The Morgan fingerprint density at radius 1 is 0.829 bits per heavy atom. The van der Waals surface area contributed by atoms with Crippen LogP contribution in [0.4, 0.5) is 0 Å². The molecule has 2 nitrogen and oxygen atoms in total. The molecule has 194 valence electrons. The lowest BCUT2D eigenvalue weighted by Gasteiger charge is -2.72. The van der Waals surface area contributed by atoms with Crippen molar-refractivity contribution in [2.24, 2.45) is 51.2 Å². The van der Waals surface area contributed by atoms with Gasteiger partial charge in [-0.2, -0.15) is 0 Å². The number of allylic oxidation sites excluding steroid dienone is 2. The summed E-state index contributed by atoms with van der Waals surface area (Å²) < 4.78 is 0. The minimum absolute atomic E-state index is 0.150. The van der Waals surface area contributed by atoms with E-state index in [1.54, 1.807) is 0 Å². The van der Waals surface area contributed by atoms with Gasteiger partial charge in [0.25, 0.3) is 0 Å². The van der Waals surface area contributed by atoms with Crippen molar-refractivity contribution in [2.45, 2.75) is 111 Å². The SMILES string of the molecule is C=C(C)C(=C)[C@@H]1CC[C@]2(N3CC3)CC[C@]3(C)[C@H](CCC4[C@@]5(C)CCC(=O)C(C)(C)C5CC[C@]43C)C12. The van der Waals surface area contributed by atoms with Crippen LogP contribution in [0.3, 0.4) is 0 Å². The Morgan fingerprint density at radius 2 is 1.54 bits per heavy atom. The summed E-state index contributed by atoms with van der Waals surface area (Å²) in [6.45, 7) is 26.4. The highest BCUT2D eigenvalue weighted by Gasteiger charge is 2.72. The zero-order valence-electron chi connectivity index (χ0n) is 23.6. The minimum atomic E-state index is -0.150. The molecule has 2 heteroatoms. The van der Waals surface area contributed by atoms with E-state index in [9.17, 15) is 4.79 Å². The van der Waals surface area contributed by atoms with Gasteiger partial charge in [0.2, 0.25) is 0 Å². The third-order valence-corrected chi connectivity index (χ3v) is 14.2. The number of carbonyl (C=O) groups excluding carboxylic acids is 1. The molecule has 1 aliphatic heterocycles. The number of ketones is 1. The quantitative estimate of drug-likeness (QED) is 0.305. The first-order chi connectivity index (χ1) is 16.3. The Morgan fingerprint density at radius 3 is 2.20 bits per heavy atom. The van der Waals surface area contributed by atoms with Gasteiger partial charge in [-0.05, 0) is 116 Å². The maximum Gasteiger partial charge on any atom is 0.138 e. The first kappa shape index (κ1) is 24.4. The summed E-state index contributed by atoms with van der Waals surface area (Å²) in [4.78, 5) is 15.9. The van der Waals surface area contributed by atoms with Crippen LogP contribution in [0.25, 0.3) is 0 Å². The van der Waals surface area contributed by atoms with Gasteiger partial charge in [0.05, 0.1) is 0 Å². The predicted molar refractivity (Wildman–Crippen MR) is 145 cm³/mol. The molecule has 0 radical (unpaired) electrons. The molecule has 0 aromatic carbocycles. The number of carbonyl (C=O) groups is 1. The lowest BCUT2D eigenvalue weighted by Crippen LogP contribution is -2.67. The standard InChI is InChI=1S/C33H51NO/c1-21(2)22(3)23-11-16-33(34-19-20-34)18-17-31(7)24(28(23)33)9-10-26-30(6)14-13-27(35)29(4,5)25(30)12-15-32(26,31)8/h23-26,28H,1,3,9-20H2,2,4-8H3/t23-,24+,25?,26?,28?,30-,31+,32+,33-/m0/s1. The molecule has 6 fully saturated rings. The highest BCUT2D eigenvalue weighted by molar-refractivity contribution is 5.85. The molecule has 0 bridgehead atoms. The average molecular weight is 478 g/mol. The van der Waals surface area contributed by atoms with Crippen LogP contribution in [-0.4, -0.2) is 29.3 Å². The second kappa shape index (κ2) is 7.36.